The van der Waals surface area contributed by atoms with Crippen LogP contribution < -0.4 is 4.90 Å². The Morgan fingerprint density at radius 3 is 2.42 bits per heavy atom. The van der Waals surface area contributed by atoms with Gasteiger partial charge < -0.3 is 4.90 Å². The van der Waals surface area contributed by atoms with E-state index in [1.165, 1.54) is 0 Å². The lowest BCUT2D eigenvalue weighted by atomic mass is 10.1. The first kappa shape index (κ1) is 17.9. The van der Waals surface area contributed by atoms with E-state index in [0.717, 1.165) is 53.3 Å². The second kappa shape index (κ2) is 6.90. The second-order valence-corrected chi connectivity index (χ2v) is 9.61. The van der Waals surface area contributed by atoms with Crippen LogP contribution in [-0.4, -0.2) is 42.3 Å². The van der Waals surface area contributed by atoms with Crippen molar-refractivity contribution in [3.8, 4) is 0 Å². The quantitative estimate of drug-likeness (QED) is 0.739. The molecule has 0 N–H and O–H groups in total. The average molecular weight is 437 g/mol. The maximum absolute atomic E-state index is 13.1. The van der Waals surface area contributed by atoms with E-state index in [9.17, 15) is 8.42 Å². The number of nitrogens with zero attached hydrogens (tertiary/aromatic N) is 4. The largest absolute Gasteiger partial charge is 0.356 e. The summed E-state index contributed by atoms with van der Waals surface area (Å²) in [7, 11) is -3.53. The Kier molecular flexibility index (Phi) is 4.75. The summed E-state index contributed by atoms with van der Waals surface area (Å²) in [6.45, 7) is 4.64. The molecule has 3 heterocycles. The fourth-order valence-electron chi connectivity index (χ4n) is 3.64. The van der Waals surface area contributed by atoms with Gasteiger partial charge in [-0.05, 0) is 44.0 Å². The van der Waals surface area contributed by atoms with Crippen molar-refractivity contribution >= 4 is 31.8 Å². The number of fused-ring (bicyclic) bond motifs is 1. The van der Waals surface area contributed by atoms with Gasteiger partial charge in [0.25, 0.3) is 0 Å². The molecule has 1 aromatic heterocycles. The average Bonchev–Trinajstić information content (AvgIpc) is 3.15. The molecule has 2 aromatic rings. The summed E-state index contributed by atoms with van der Waals surface area (Å²) < 4.78 is 28.5. The zero-order chi connectivity index (χ0) is 18.3. The van der Waals surface area contributed by atoms with Gasteiger partial charge in [0.15, 0.2) is 0 Å². The summed E-state index contributed by atoms with van der Waals surface area (Å²) in [5.41, 5.74) is 1.95. The van der Waals surface area contributed by atoms with Crippen LogP contribution in [0.15, 0.2) is 33.6 Å². The minimum absolute atomic E-state index is 0.319. The highest BCUT2D eigenvalue weighted by Gasteiger charge is 2.32. The molecule has 1 fully saturated rings. The van der Waals surface area contributed by atoms with Gasteiger partial charge in [-0.25, -0.2) is 18.4 Å². The maximum Gasteiger partial charge on any atom is 0.243 e. The molecule has 26 heavy (non-hydrogen) atoms. The fraction of sp³-hybridized carbons (Fsp3) is 0.444. The molecule has 2 aliphatic heterocycles. The number of anilines is 1. The summed E-state index contributed by atoms with van der Waals surface area (Å²) in [6.07, 6.45) is 2.92. The number of aryl methyl sites for hydroxylation is 1. The highest BCUT2D eigenvalue weighted by atomic mass is 79.9. The smallest absolute Gasteiger partial charge is 0.243 e. The minimum Gasteiger partial charge on any atom is -0.356 e. The summed E-state index contributed by atoms with van der Waals surface area (Å²) >= 11 is 3.35. The van der Waals surface area contributed by atoms with Crippen LogP contribution >= 0.6 is 15.9 Å². The third-order valence-corrected chi connectivity index (χ3v) is 7.36. The Balaban J connectivity index is 1.70. The molecule has 2 aliphatic rings. The predicted molar refractivity (Wildman–Crippen MR) is 104 cm³/mol. The Morgan fingerprint density at radius 1 is 1.04 bits per heavy atom. The summed E-state index contributed by atoms with van der Waals surface area (Å²) in [6, 6.07) is 6.80. The van der Waals surface area contributed by atoms with Gasteiger partial charge >= 0.3 is 0 Å². The van der Waals surface area contributed by atoms with E-state index in [1.54, 1.807) is 28.6 Å². The van der Waals surface area contributed by atoms with E-state index in [1.807, 2.05) is 6.92 Å². The predicted octanol–water partition coefficient (Wildman–Crippen LogP) is 2.89. The molecule has 0 amide bonds. The highest BCUT2D eigenvalue weighted by molar-refractivity contribution is 9.10. The molecule has 0 atom stereocenters. The first-order valence-electron chi connectivity index (χ1n) is 8.82. The first-order chi connectivity index (χ1) is 12.4. The Labute approximate surface area is 162 Å². The standard InChI is InChI=1S/C18H21BrN4O2S/c1-13-20-17-8-11-23(26(24,25)15-6-4-14(19)5-7-15)12-16(17)18(21-13)22-9-2-3-10-22/h4-7H,2-3,8-12H2,1H3. The zero-order valence-electron chi connectivity index (χ0n) is 14.7. The lowest BCUT2D eigenvalue weighted by molar-refractivity contribution is 0.386. The van der Waals surface area contributed by atoms with Crippen molar-refractivity contribution in [3.05, 3.63) is 45.8 Å². The van der Waals surface area contributed by atoms with Gasteiger partial charge in [0.2, 0.25) is 10.0 Å². The Hall–Kier alpha value is -1.51. The number of rotatable bonds is 3. The van der Waals surface area contributed by atoms with E-state index in [0.29, 0.717) is 24.4 Å². The molecule has 4 rings (SSSR count). The normalized spacial score (nSPS) is 18.2. The van der Waals surface area contributed by atoms with Crippen LogP contribution in [0.1, 0.15) is 29.9 Å². The SMILES string of the molecule is Cc1nc2c(c(N3CCCC3)n1)CN(S(=O)(=O)c1ccc(Br)cc1)CC2. The summed E-state index contributed by atoms with van der Waals surface area (Å²) in [5, 5.41) is 0. The summed E-state index contributed by atoms with van der Waals surface area (Å²) in [5.74, 6) is 1.68. The second-order valence-electron chi connectivity index (χ2n) is 6.76. The molecule has 0 radical (unpaired) electrons. The van der Waals surface area contributed by atoms with Crippen LogP contribution in [0.25, 0.3) is 0 Å². The van der Waals surface area contributed by atoms with Crippen molar-refractivity contribution in [2.45, 2.75) is 37.6 Å². The molecule has 0 saturated carbocycles. The first-order valence-corrected chi connectivity index (χ1v) is 11.1. The van der Waals surface area contributed by atoms with E-state index in [-0.39, 0.29) is 0 Å². The van der Waals surface area contributed by atoms with Crippen molar-refractivity contribution in [1.29, 1.82) is 0 Å². The van der Waals surface area contributed by atoms with Crippen molar-refractivity contribution in [2.75, 3.05) is 24.5 Å². The molecule has 0 aliphatic carbocycles. The number of benzene rings is 1. The highest BCUT2D eigenvalue weighted by Crippen LogP contribution is 2.31. The third-order valence-electron chi connectivity index (χ3n) is 4.97. The van der Waals surface area contributed by atoms with Crippen molar-refractivity contribution in [3.63, 3.8) is 0 Å². The monoisotopic (exact) mass is 436 g/mol. The van der Waals surface area contributed by atoms with Crippen LogP contribution in [-0.2, 0) is 23.0 Å². The lowest BCUT2D eigenvalue weighted by Crippen LogP contribution is -2.38. The van der Waals surface area contributed by atoms with E-state index in [4.69, 9.17) is 0 Å². The van der Waals surface area contributed by atoms with Gasteiger partial charge in [-0.2, -0.15) is 4.31 Å². The van der Waals surface area contributed by atoms with Crippen LogP contribution in [0.4, 0.5) is 5.82 Å². The number of sulfonamides is 1. The zero-order valence-corrected chi connectivity index (χ0v) is 17.1. The minimum atomic E-state index is -3.53. The summed E-state index contributed by atoms with van der Waals surface area (Å²) in [4.78, 5) is 11.8. The molecular weight excluding hydrogens is 416 g/mol. The molecule has 0 spiro atoms. The molecule has 8 heteroatoms. The van der Waals surface area contributed by atoms with Gasteiger partial charge in [-0.1, -0.05) is 15.9 Å². The topological polar surface area (TPSA) is 66.4 Å². The van der Waals surface area contributed by atoms with Gasteiger partial charge in [-0.3, -0.25) is 0 Å². The van der Waals surface area contributed by atoms with Gasteiger partial charge in [0, 0.05) is 42.6 Å². The lowest BCUT2D eigenvalue weighted by Gasteiger charge is -2.31. The van der Waals surface area contributed by atoms with E-state index in [2.05, 4.69) is 30.8 Å². The van der Waals surface area contributed by atoms with Crippen LogP contribution in [0.3, 0.4) is 0 Å². The third kappa shape index (κ3) is 3.25. The molecular formula is C18H21BrN4O2S. The molecule has 138 valence electrons. The van der Waals surface area contributed by atoms with Crippen molar-refractivity contribution in [2.24, 2.45) is 0 Å². The molecule has 6 nitrogen and oxygen atoms in total. The number of halogens is 1. The van der Waals surface area contributed by atoms with E-state index < -0.39 is 10.0 Å². The number of hydrogen-bond donors (Lipinski definition) is 0. The van der Waals surface area contributed by atoms with Crippen molar-refractivity contribution in [1.82, 2.24) is 14.3 Å². The van der Waals surface area contributed by atoms with Crippen LogP contribution in [0, 0.1) is 6.92 Å². The van der Waals surface area contributed by atoms with Gasteiger partial charge in [0.05, 0.1) is 10.6 Å². The molecule has 1 aromatic carbocycles. The Morgan fingerprint density at radius 2 is 1.73 bits per heavy atom. The van der Waals surface area contributed by atoms with Gasteiger partial charge in [-0.15, -0.1) is 0 Å². The van der Waals surface area contributed by atoms with Crippen LogP contribution in [0.2, 0.25) is 0 Å². The van der Waals surface area contributed by atoms with Crippen LogP contribution in [0.5, 0.6) is 0 Å². The van der Waals surface area contributed by atoms with E-state index >= 15 is 0 Å². The number of hydrogen-bond acceptors (Lipinski definition) is 5. The van der Waals surface area contributed by atoms with Crippen molar-refractivity contribution < 1.29 is 8.42 Å². The fourth-order valence-corrected chi connectivity index (χ4v) is 5.32. The number of aromatic nitrogens is 2. The molecule has 0 bridgehead atoms. The Bertz CT molecular complexity index is 925. The molecule has 0 unspecified atom stereocenters. The molecule has 1 saturated heterocycles. The maximum atomic E-state index is 13.1. The van der Waals surface area contributed by atoms with Gasteiger partial charge in [0.1, 0.15) is 11.6 Å².